The van der Waals surface area contributed by atoms with Gasteiger partial charge in [-0.3, -0.25) is 4.79 Å². The third kappa shape index (κ3) is 2.91. The molecule has 0 radical (unpaired) electrons. The van der Waals surface area contributed by atoms with Crippen LogP contribution in [0.25, 0.3) is 0 Å². The monoisotopic (exact) mass is 252 g/mol. The molecule has 2 unspecified atom stereocenters. The molecule has 0 aromatic heterocycles. The Balaban J connectivity index is 2.87. The molecule has 0 spiro atoms. The van der Waals surface area contributed by atoms with Crippen LogP contribution in [0.1, 0.15) is 39.5 Å². The molecule has 0 saturated carbocycles. The van der Waals surface area contributed by atoms with E-state index >= 15 is 0 Å². The van der Waals surface area contributed by atoms with Crippen LogP contribution in [-0.2, 0) is 4.79 Å². The molecule has 100 valence electrons. The number of likely N-dealkylation sites (tertiary alicyclic amines) is 1. The van der Waals surface area contributed by atoms with E-state index in [0.29, 0.717) is 6.54 Å². The Kier molecular flexibility index (Phi) is 4.06. The topological polar surface area (TPSA) is 46.3 Å². The quantitative estimate of drug-likeness (QED) is 0.776. The van der Waals surface area contributed by atoms with Crippen LogP contribution in [0.3, 0.4) is 0 Å². The predicted octanol–water partition coefficient (Wildman–Crippen LogP) is 2.06. The second-order valence-electron chi connectivity index (χ2n) is 4.90. The summed E-state index contributed by atoms with van der Waals surface area (Å²) >= 11 is 0. The Morgan fingerprint density at radius 2 is 1.88 bits per heavy atom. The highest BCUT2D eigenvalue weighted by Crippen LogP contribution is 2.31. The molecular formula is C11H19F3N2O. The third-order valence-electron chi connectivity index (χ3n) is 3.35. The minimum Gasteiger partial charge on any atom is -0.338 e. The molecule has 1 heterocycles. The first-order valence-electron chi connectivity index (χ1n) is 5.84. The van der Waals surface area contributed by atoms with Crippen LogP contribution in [0.5, 0.6) is 0 Å². The molecule has 6 heteroatoms. The Bertz CT molecular complexity index is 289. The van der Waals surface area contributed by atoms with E-state index in [-0.39, 0.29) is 6.04 Å². The number of hydrogen-bond donors (Lipinski definition) is 1. The van der Waals surface area contributed by atoms with Gasteiger partial charge in [-0.25, -0.2) is 0 Å². The van der Waals surface area contributed by atoms with Gasteiger partial charge in [0.15, 0.2) is 5.54 Å². The summed E-state index contributed by atoms with van der Waals surface area (Å²) in [5.41, 5.74) is 2.38. The number of carbonyl (C=O) groups excluding carboxylic acids is 1. The SMILES string of the molecule is CC1CCCCCN1C(=O)C(C)(N)C(F)(F)F. The highest BCUT2D eigenvalue weighted by atomic mass is 19.4. The maximum Gasteiger partial charge on any atom is 0.415 e. The predicted molar refractivity (Wildman–Crippen MR) is 58.3 cm³/mol. The maximum atomic E-state index is 12.7. The number of amides is 1. The molecule has 1 aliphatic rings. The van der Waals surface area contributed by atoms with Crippen molar-refractivity contribution in [1.82, 2.24) is 4.90 Å². The maximum absolute atomic E-state index is 12.7. The number of nitrogens with two attached hydrogens (primary N) is 1. The van der Waals surface area contributed by atoms with E-state index in [4.69, 9.17) is 5.73 Å². The molecule has 0 aliphatic carbocycles. The van der Waals surface area contributed by atoms with Gasteiger partial charge < -0.3 is 10.6 Å². The van der Waals surface area contributed by atoms with E-state index in [1.165, 1.54) is 4.90 Å². The summed E-state index contributed by atoms with van der Waals surface area (Å²) in [6.07, 6.45) is -1.35. The fraction of sp³-hybridized carbons (Fsp3) is 0.909. The average Bonchev–Trinajstić information content (AvgIpc) is 2.40. The number of carbonyl (C=O) groups is 1. The smallest absolute Gasteiger partial charge is 0.338 e. The number of hydrogen-bond acceptors (Lipinski definition) is 2. The molecule has 3 nitrogen and oxygen atoms in total. The van der Waals surface area contributed by atoms with Crippen LogP contribution in [0.15, 0.2) is 0 Å². The standard InChI is InChI=1S/C11H19F3N2O/c1-8-6-4-3-5-7-16(8)9(17)10(2,15)11(12,13)14/h8H,3-7,15H2,1-2H3. The molecule has 1 aliphatic heterocycles. The zero-order valence-corrected chi connectivity index (χ0v) is 10.2. The molecular weight excluding hydrogens is 233 g/mol. The van der Waals surface area contributed by atoms with Crippen LogP contribution in [0.4, 0.5) is 13.2 Å². The first-order chi connectivity index (χ1) is 7.68. The highest BCUT2D eigenvalue weighted by molar-refractivity contribution is 5.87. The second kappa shape index (κ2) is 4.84. The Hall–Kier alpha value is -0.780. The van der Waals surface area contributed by atoms with Crippen LogP contribution in [0, 0.1) is 0 Å². The van der Waals surface area contributed by atoms with Gasteiger partial charge in [0.1, 0.15) is 0 Å². The molecule has 0 bridgehead atoms. The van der Waals surface area contributed by atoms with Crippen LogP contribution in [0.2, 0.25) is 0 Å². The van der Waals surface area contributed by atoms with Crippen LogP contribution < -0.4 is 5.73 Å². The summed E-state index contributed by atoms with van der Waals surface area (Å²) in [5, 5.41) is 0. The molecule has 2 atom stereocenters. The van der Waals surface area contributed by atoms with Gasteiger partial charge >= 0.3 is 6.18 Å². The minimum absolute atomic E-state index is 0.171. The number of halogens is 3. The van der Waals surface area contributed by atoms with Gasteiger partial charge in [-0.05, 0) is 26.7 Å². The number of alkyl halides is 3. The van der Waals surface area contributed by atoms with E-state index in [1.54, 1.807) is 6.92 Å². The second-order valence-corrected chi connectivity index (χ2v) is 4.90. The van der Waals surface area contributed by atoms with Gasteiger partial charge in [-0.2, -0.15) is 13.2 Å². The van der Waals surface area contributed by atoms with Gasteiger partial charge in [0.25, 0.3) is 5.91 Å². The van der Waals surface area contributed by atoms with Crippen molar-refractivity contribution in [1.29, 1.82) is 0 Å². The summed E-state index contributed by atoms with van der Waals surface area (Å²) < 4.78 is 38.1. The summed E-state index contributed by atoms with van der Waals surface area (Å²) in [4.78, 5) is 13.2. The van der Waals surface area contributed by atoms with E-state index in [9.17, 15) is 18.0 Å². The Labute approximate surface area is 99.1 Å². The third-order valence-corrected chi connectivity index (χ3v) is 3.35. The van der Waals surface area contributed by atoms with Gasteiger partial charge in [0.05, 0.1) is 0 Å². The van der Waals surface area contributed by atoms with Crippen molar-refractivity contribution in [3.05, 3.63) is 0 Å². The zero-order valence-electron chi connectivity index (χ0n) is 10.2. The van der Waals surface area contributed by atoms with Gasteiger partial charge in [-0.15, -0.1) is 0 Å². The van der Waals surface area contributed by atoms with Crippen molar-refractivity contribution < 1.29 is 18.0 Å². The summed E-state index contributed by atoms with van der Waals surface area (Å²) in [5.74, 6) is -1.01. The number of rotatable bonds is 1. The minimum atomic E-state index is -4.71. The molecule has 1 fully saturated rings. The van der Waals surface area contributed by atoms with Crippen molar-refractivity contribution in [3.63, 3.8) is 0 Å². The highest BCUT2D eigenvalue weighted by Gasteiger charge is 2.55. The molecule has 1 amide bonds. The molecule has 1 rings (SSSR count). The van der Waals surface area contributed by atoms with Gasteiger partial charge in [-0.1, -0.05) is 12.8 Å². The van der Waals surface area contributed by atoms with E-state index in [1.807, 2.05) is 0 Å². The van der Waals surface area contributed by atoms with Crippen molar-refractivity contribution in [2.24, 2.45) is 5.73 Å². The zero-order chi connectivity index (χ0) is 13.3. The van der Waals surface area contributed by atoms with E-state index < -0.39 is 17.6 Å². The normalized spacial score (nSPS) is 26.2. The fourth-order valence-electron chi connectivity index (χ4n) is 2.00. The molecule has 1 saturated heterocycles. The van der Waals surface area contributed by atoms with Crippen molar-refractivity contribution >= 4 is 5.91 Å². The van der Waals surface area contributed by atoms with E-state index in [2.05, 4.69) is 0 Å². The first kappa shape index (κ1) is 14.3. The first-order valence-corrected chi connectivity index (χ1v) is 5.84. The molecule has 2 N–H and O–H groups in total. The van der Waals surface area contributed by atoms with Crippen molar-refractivity contribution in [3.8, 4) is 0 Å². The molecule has 0 aromatic rings. The van der Waals surface area contributed by atoms with Crippen LogP contribution in [-0.4, -0.2) is 35.1 Å². The Morgan fingerprint density at radius 3 is 2.41 bits per heavy atom. The Morgan fingerprint density at radius 1 is 1.29 bits per heavy atom. The lowest BCUT2D eigenvalue weighted by Gasteiger charge is -2.35. The van der Waals surface area contributed by atoms with Crippen LogP contribution >= 0.6 is 0 Å². The number of nitrogens with zero attached hydrogens (tertiary/aromatic N) is 1. The lowest BCUT2D eigenvalue weighted by atomic mass is 10.00. The fourth-order valence-corrected chi connectivity index (χ4v) is 2.00. The van der Waals surface area contributed by atoms with Crippen molar-refractivity contribution in [2.45, 2.75) is 57.3 Å². The largest absolute Gasteiger partial charge is 0.415 e. The van der Waals surface area contributed by atoms with E-state index in [0.717, 1.165) is 32.6 Å². The lowest BCUT2D eigenvalue weighted by molar-refractivity contribution is -0.194. The average molecular weight is 252 g/mol. The molecule has 0 aromatic carbocycles. The summed E-state index contributed by atoms with van der Waals surface area (Å²) in [6, 6.07) is -0.171. The summed E-state index contributed by atoms with van der Waals surface area (Å²) in [6.45, 7) is 2.88. The summed E-state index contributed by atoms with van der Waals surface area (Å²) in [7, 11) is 0. The van der Waals surface area contributed by atoms with Gasteiger partial charge in [0.2, 0.25) is 0 Å². The lowest BCUT2D eigenvalue weighted by Crippen LogP contribution is -2.63. The van der Waals surface area contributed by atoms with Crippen molar-refractivity contribution in [2.75, 3.05) is 6.54 Å². The van der Waals surface area contributed by atoms with Gasteiger partial charge in [0, 0.05) is 12.6 Å². The molecule has 17 heavy (non-hydrogen) atoms.